The molecule has 0 aliphatic carbocycles. The largest absolute Gasteiger partial charge is 0.481 e. The normalized spacial score (nSPS) is 19.4. The average molecular weight is 404 g/mol. The first-order valence-corrected chi connectivity index (χ1v) is 8.45. The van der Waals surface area contributed by atoms with Crippen LogP contribution in [0.4, 0.5) is 0 Å². The van der Waals surface area contributed by atoms with Crippen LogP contribution in [-0.4, -0.2) is 98.9 Å². The zero-order chi connectivity index (χ0) is 21.4. The highest BCUT2D eigenvalue weighted by Crippen LogP contribution is 2.18. The Labute approximate surface area is 159 Å². The molecule has 0 aromatic carbocycles. The number of carbonyl (C=O) groups is 5. The van der Waals surface area contributed by atoms with E-state index in [1.807, 2.05) is 5.32 Å². The summed E-state index contributed by atoms with van der Waals surface area (Å²) >= 11 is 0. The van der Waals surface area contributed by atoms with Crippen molar-refractivity contribution in [2.45, 2.75) is 43.4 Å². The Kier molecular flexibility index (Phi) is 8.76. The fraction of sp³-hybridized carbons (Fsp3) is 0.667. The van der Waals surface area contributed by atoms with Crippen LogP contribution in [0.2, 0.25) is 0 Å². The predicted octanol–water partition coefficient (Wildman–Crippen LogP) is -4.18. The molecule has 4 atom stereocenters. The van der Waals surface area contributed by atoms with Crippen LogP contribution in [0, 0.1) is 0 Å². The van der Waals surface area contributed by atoms with Gasteiger partial charge in [0.15, 0.2) is 0 Å². The van der Waals surface area contributed by atoms with Gasteiger partial charge in [0.2, 0.25) is 17.7 Å². The maximum absolute atomic E-state index is 12.5. The van der Waals surface area contributed by atoms with E-state index in [9.17, 15) is 29.1 Å². The second-order valence-electron chi connectivity index (χ2n) is 6.22. The number of amides is 3. The van der Waals surface area contributed by atoms with Gasteiger partial charge in [-0.1, -0.05) is 0 Å². The van der Waals surface area contributed by atoms with Gasteiger partial charge in [-0.25, -0.2) is 4.79 Å². The minimum Gasteiger partial charge on any atom is -0.481 e. The van der Waals surface area contributed by atoms with Crippen molar-refractivity contribution in [3.05, 3.63) is 0 Å². The van der Waals surface area contributed by atoms with E-state index < -0.39 is 73.5 Å². The summed E-state index contributed by atoms with van der Waals surface area (Å²) in [5.74, 6) is -5.56. The highest BCUT2D eigenvalue weighted by Gasteiger charge is 2.38. The van der Waals surface area contributed by atoms with Crippen LogP contribution < -0.4 is 16.4 Å². The number of carboxylic acids is 2. The van der Waals surface area contributed by atoms with Gasteiger partial charge in [-0.15, -0.1) is 0 Å². The van der Waals surface area contributed by atoms with Gasteiger partial charge in [-0.3, -0.25) is 19.2 Å². The van der Waals surface area contributed by atoms with Gasteiger partial charge in [0, 0.05) is 6.54 Å². The SMILES string of the molecule is NC(CO)C(=O)NC(CC(=O)O)C(=O)NC(CO)C(=O)N1CCCC1C(=O)O. The molecule has 13 nitrogen and oxygen atoms in total. The molecule has 0 bridgehead atoms. The summed E-state index contributed by atoms with van der Waals surface area (Å²) in [4.78, 5) is 59.7. The summed E-state index contributed by atoms with van der Waals surface area (Å²) in [7, 11) is 0. The van der Waals surface area contributed by atoms with E-state index in [-0.39, 0.29) is 13.0 Å². The van der Waals surface area contributed by atoms with Gasteiger partial charge in [-0.05, 0) is 12.8 Å². The van der Waals surface area contributed by atoms with Gasteiger partial charge in [0.1, 0.15) is 24.2 Å². The van der Waals surface area contributed by atoms with Crippen molar-refractivity contribution >= 4 is 29.7 Å². The number of carboxylic acid groups (broad SMARTS) is 2. The smallest absolute Gasteiger partial charge is 0.326 e. The summed E-state index contributed by atoms with van der Waals surface area (Å²) < 4.78 is 0. The first-order valence-electron chi connectivity index (χ1n) is 8.45. The van der Waals surface area contributed by atoms with Crippen LogP contribution in [0.25, 0.3) is 0 Å². The molecular formula is C15H24N4O9. The van der Waals surface area contributed by atoms with Crippen LogP contribution >= 0.6 is 0 Å². The lowest BCUT2D eigenvalue weighted by atomic mass is 10.1. The highest BCUT2D eigenvalue weighted by atomic mass is 16.4. The fourth-order valence-electron chi connectivity index (χ4n) is 2.69. The minimum atomic E-state index is -1.63. The Hall–Kier alpha value is -2.77. The molecular weight excluding hydrogens is 380 g/mol. The van der Waals surface area contributed by atoms with E-state index >= 15 is 0 Å². The zero-order valence-electron chi connectivity index (χ0n) is 14.9. The maximum Gasteiger partial charge on any atom is 0.326 e. The van der Waals surface area contributed by atoms with E-state index in [4.69, 9.17) is 21.1 Å². The van der Waals surface area contributed by atoms with Crippen molar-refractivity contribution in [3.63, 3.8) is 0 Å². The lowest BCUT2D eigenvalue weighted by molar-refractivity contribution is -0.150. The van der Waals surface area contributed by atoms with Crippen LogP contribution in [0.3, 0.4) is 0 Å². The highest BCUT2D eigenvalue weighted by molar-refractivity contribution is 5.95. The standard InChI is InChI=1S/C15H24N4O9/c16-7(5-20)12(24)17-8(4-11(22)23)13(25)18-9(6-21)14(26)19-3-1-2-10(19)15(27)28/h7-10,20-21H,1-6,16H2,(H,17,24)(H,18,25)(H,22,23)(H,27,28). The second kappa shape index (κ2) is 10.5. The lowest BCUT2D eigenvalue weighted by Crippen LogP contribution is -2.58. The Morgan fingerprint density at radius 1 is 1.00 bits per heavy atom. The fourth-order valence-corrected chi connectivity index (χ4v) is 2.69. The lowest BCUT2D eigenvalue weighted by Gasteiger charge is -2.27. The van der Waals surface area contributed by atoms with Crippen molar-refractivity contribution in [2.75, 3.05) is 19.8 Å². The van der Waals surface area contributed by atoms with Gasteiger partial charge < -0.3 is 41.7 Å². The maximum atomic E-state index is 12.5. The number of nitrogens with one attached hydrogen (secondary N) is 2. The number of hydrogen-bond acceptors (Lipinski definition) is 8. The number of likely N-dealkylation sites (tertiary alicyclic amines) is 1. The summed E-state index contributed by atoms with van der Waals surface area (Å²) in [6, 6.07) is -5.62. The number of aliphatic carboxylic acids is 2. The number of nitrogens with two attached hydrogens (primary N) is 1. The van der Waals surface area contributed by atoms with E-state index in [0.717, 1.165) is 4.90 Å². The van der Waals surface area contributed by atoms with Crippen molar-refractivity contribution in [1.29, 1.82) is 0 Å². The van der Waals surface area contributed by atoms with E-state index in [0.29, 0.717) is 6.42 Å². The Morgan fingerprint density at radius 2 is 1.61 bits per heavy atom. The third-order valence-corrected chi connectivity index (χ3v) is 4.16. The molecule has 0 radical (unpaired) electrons. The zero-order valence-corrected chi connectivity index (χ0v) is 14.9. The quantitative estimate of drug-likeness (QED) is 0.186. The molecule has 1 rings (SSSR count). The summed E-state index contributed by atoms with van der Waals surface area (Å²) in [5.41, 5.74) is 5.30. The molecule has 0 saturated carbocycles. The predicted molar refractivity (Wildman–Crippen MR) is 90.6 cm³/mol. The number of rotatable bonds is 10. The number of hydrogen-bond donors (Lipinski definition) is 7. The topological polar surface area (TPSA) is 220 Å². The first-order chi connectivity index (χ1) is 13.1. The molecule has 0 aromatic heterocycles. The molecule has 1 aliphatic rings. The summed E-state index contributed by atoms with van der Waals surface area (Å²) in [6.45, 7) is -1.48. The van der Waals surface area contributed by atoms with Crippen LogP contribution in [0.5, 0.6) is 0 Å². The molecule has 1 heterocycles. The van der Waals surface area contributed by atoms with Crippen molar-refractivity contribution in [2.24, 2.45) is 5.73 Å². The molecule has 1 fully saturated rings. The molecule has 13 heteroatoms. The molecule has 28 heavy (non-hydrogen) atoms. The van der Waals surface area contributed by atoms with E-state index in [1.165, 1.54) is 0 Å². The van der Waals surface area contributed by atoms with Crippen molar-refractivity contribution in [3.8, 4) is 0 Å². The van der Waals surface area contributed by atoms with Crippen LogP contribution in [-0.2, 0) is 24.0 Å². The molecule has 0 spiro atoms. The first kappa shape index (κ1) is 23.3. The van der Waals surface area contributed by atoms with Crippen molar-refractivity contribution < 1.29 is 44.4 Å². The molecule has 8 N–H and O–H groups in total. The van der Waals surface area contributed by atoms with Crippen LogP contribution in [0.15, 0.2) is 0 Å². The molecule has 1 aliphatic heterocycles. The monoisotopic (exact) mass is 404 g/mol. The number of aliphatic hydroxyl groups excluding tert-OH is 2. The molecule has 3 amide bonds. The Bertz CT molecular complexity index is 627. The number of carbonyl (C=O) groups excluding carboxylic acids is 3. The number of nitrogens with zero attached hydrogens (tertiary/aromatic N) is 1. The summed E-state index contributed by atoms with van der Waals surface area (Å²) in [5, 5.41) is 40.5. The van der Waals surface area contributed by atoms with Gasteiger partial charge in [-0.2, -0.15) is 0 Å². The Morgan fingerprint density at radius 3 is 2.11 bits per heavy atom. The Balaban J connectivity index is 2.87. The van der Waals surface area contributed by atoms with Gasteiger partial charge in [0.05, 0.1) is 19.6 Å². The van der Waals surface area contributed by atoms with E-state index in [2.05, 4.69) is 5.32 Å². The molecule has 1 saturated heterocycles. The average Bonchev–Trinajstić information content (AvgIpc) is 3.13. The third kappa shape index (κ3) is 6.14. The van der Waals surface area contributed by atoms with Crippen molar-refractivity contribution in [1.82, 2.24) is 15.5 Å². The van der Waals surface area contributed by atoms with Gasteiger partial charge in [0.25, 0.3) is 0 Å². The minimum absolute atomic E-state index is 0.128. The molecule has 158 valence electrons. The van der Waals surface area contributed by atoms with Gasteiger partial charge >= 0.3 is 11.9 Å². The third-order valence-electron chi connectivity index (χ3n) is 4.16. The molecule has 4 unspecified atom stereocenters. The number of aliphatic hydroxyl groups is 2. The summed E-state index contributed by atoms with van der Waals surface area (Å²) in [6.07, 6.45) is -0.182. The molecule has 0 aromatic rings. The van der Waals surface area contributed by atoms with E-state index in [1.54, 1.807) is 0 Å². The second-order valence-corrected chi connectivity index (χ2v) is 6.22. The van der Waals surface area contributed by atoms with Crippen LogP contribution in [0.1, 0.15) is 19.3 Å².